The van der Waals surface area contributed by atoms with Gasteiger partial charge < -0.3 is 10.8 Å². The molecule has 1 amide bonds. The van der Waals surface area contributed by atoms with E-state index < -0.39 is 12.0 Å². The van der Waals surface area contributed by atoms with E-state index in [-0.39, 0.29) is 5.91 Å². The zero-order chi connectivity index (χ0) is 13.5. The number of quaternary nitrogens is 1. The SMILES string of the molecule is CC(=O)N/N=C/c1ccc(CC([NH3+])C(=O)O)cc1. The van der Waals surface area contributed by atoms with Gasteiger partial charge in [-0.15, -0.1) is 0 Å². The zero-order valence-electron chi connectivity index (χ0n) is 10.1. The highest BCUT2D eigenvalue weighted by Crippen LogP contribution is 2.04. The average Bonchev–Trinajstić information content (AvgIpc) is 2.30. The second-order valence-corrected chi connectivity index (χ2v) is 3.91. The minimum absolute atomic E-state index is 0.232. The molecule has 0 saturated heterocycles. The topological polar surface area (TPSA) is 106 Å². The zero-order valence-corrected chi connectivity index (χ0v) is 10.1. The van der Waals surface area contributed by atoms with Gasteiger partial charge in [0.15, 0.2) is 6.04 Å². The molecule has 1 rings (SSSR count). The minimum atomic E-state index is -0.911. The third-order valence-corrected chi connectivity index (χ3v) is 2.25. The van der Waals surface area contributed by atoms with E-state index in [0.29, 0.717) is 6.42 Å². The molecular weight excluding hydrogens is 234 g/mol. The molecule has 0 heterocycles. The summed E-state index contributed by atoms with van der Waals surface area (Å²) in [6.45, 7) is 1.38. The summed E-state index contributed by atoms with van der Waals surface area (Å²) in [6.07, 6.45) is 1.91. The first-order valence-corrected chi connectivity index (χ1v) is 5.43. The Balaban J connectivity index is 2.60. The number of hydrazone groups is 1. The number of nitrogens with one attached hydrogen (secondary N) is 1. The number of carboxylic acid groups (broad SMARTS) is 1. The van der Waals surface area contributed by atoms with Gasteiger partial charge in [0.25, 0.3) is 0 Å². The Labute approximate surface area is 104 Å². The summed E-state index contributed by atoms with van der Waals surface area (Å²) in [5.74, 6) is -1.14. The predicted octanol–water partition coefficient (Wildman–Crippen LogP) is -0.606. The molecule has 0 saturated carbocycles. The highest BCUT2D eigenvalue weighted by Gasteiger charge is 2.15. The first-order valence-electron chi connectivity index (χ1n) is 5.43. The fraction of sp³-hybridized carbons (Fsp3) is 0.250. The van der Waals surface area contributed by atoms with Crippen molar-refractivity contribution in [3.63, 3.8) is 0 Å². The highest BCUT2D eigenvalue weighted by molar-refractivity contribution is 5.81. The minimum Gasteiger partial charge on any atom is -0.477 e. The van der Waals surface area contributed by atoms with Crippen LogP contribution >= 0.6 is 0 Å². The summed E-state index contributed by atoms with van der Waals surface area (Å²) in [7, 11) is 0. The van der Waals surface area contributed by atoms with Crippen molar-refractivity contribution in [3.8, 4) is 0 Å². The van der Waals surface area contributed by atoms with Crippen molar-refractivity contribution in [2.45, 2.75) is 19.4 Å². The van der Waals surface area contributed by atoms with Crippen LogP contribution in [0.15, 0.2) is 29.4 Å². The Morgan fingerprint density at radius 2 is 2.06 bits per heavy atom. The standard InChI is InChI=1S/C12H15N3O3/c1-8(16)15-14-7-10-4-2-9(3-5-10)6-11(13)12(17)18/h2-5,7,11H,6,13H2,1H3,(H,15,16)(H,17,18)/p+1/b14-7+. The van der Waals surface area contributed by atoms with Crippen molar-refractivity contribution >= 4 is 18.1 Å². The number of amides is 1. The van der Waals surface area contributed by atoms with Crippen molar-refractivity contribution in [1.82, 2.24) is 5.43 Å². The summed E-state index contributed by atoms with van der Waals surface area (Å²) in [5.41, 5.74) is 7.57. The van der Waals surface area contributed by atoms with Gasteiger partial charge in [-0.05, 0) is 11.1 Å². The molecule has 0 aromatic heterocycles. The number of hydrogen-bond acceptors (Lipinski definition) is 3. The molecule has 1 aromatic rings. The number of carbonyl (C=O) groups excluding carboxylic acids is 1. The summed E-state index contributed by atoms with van der Waals surface area (Å²) < 4.78 is 0. The quantitative estimate of drug-likeness (QED) is 0.479. The van der Waals surface area contributed by atoms with Crippen molar-refractivity contribution in [2.24, 2.45) is 5.10 Å². The van der Waals surface area contributed by atoms with Gasteiger partial charge in [-0.2, -0.15) is 5.10 Å². The third-order valence-electron chi connectivity index (χ3n) is 2.25. The lowest BCUT2D eigenvalue weighted by atomic mass is 10.1. The van der Waals surface area contributed by atoms with Gasteiger partial charge in [0, 0.05) is 13.3 Å². The van der Waals surface area contributed by atoms with Crippen molar-refractivity contribution in [2.75, 3.05) is 0 Å². The van der Waals surface area contributed by atoms with E-state index in [2.05, 4.69) is 16.3 Å². The maximum absolute atomic E-state index is 10.7. The van der Waals surface area contributed by atoms with Crippen molar-refractivity contribution in [1.29, 1.82) is 0 Å². The van der Waals surface area contributed by atoms with Crippen molar-refractivity contribution in [3.05, 3.63) is 35.4 Å². The van der Waals surface area contributed by atoms with Crippen LogP contribution < -0.4 is 11.2 Å². The van der Waals surface area contributed by atoms with E-state index >= 15 is 0 Å². The number of benzene rings is 1. The van der Waals surface area contributed by atoms with Crippen LogP contribution in [0.25, 0.3) is 0 Å². The summed E-state index contributed by atoms with van der Waals surface area (Å²) in [4.78, 5) is 21.2. The van der Waals surface area contributed by atoms with Gasteiger partial charge in [0.1, 0.15) is 0 Å². The molecule has 0 spiro atoms. The summed E-state index contributed by atoms with van der Waals surface area (Å²) in [6, 6.07) is 6.58. The molecule has 0 radical (unpaired) electrons. The fourth-order valence-corrected chi connectivity index (χ4v) is 1.31. The number of rotatable bonds is 5. The van der Waals surface area contributed by atoms with Crippen LogP contribution in [0.1, 0.15) is 18.1 Å². The van der Waals surface area contributed by atoms with E-state index in [0.717, 1.165) is 11.1 Å². The van der Waals surface area contributed by atoms with Crippen LogP contribution in [-0.2, 0) is 16.0 Å². The van der Waals surface area contributed by atoms with E-state index in [1.54, 1.807) is 12.1 Å². The highest BCUT2D eigenvalue weighted by atomic mass is 16.4. The van der Waals surface area contributed by atoms with Crippen LogP contribution in [0.5, 0.6) is 0 Å². The van der Waals surface area contributed by atoms with Gasteiger partial charge in [-0.25, -0.2) is 10.2 Å². The normalized spacial score (nSPS) is 12.3. The van der Waals surface area contributed by atoms with Gasteiger partial charge in [0.2, 0.25) is 5.91 Å². The molecule has 6 nitrogen and oxygen atoms in total. The molecule has 1 atom stereocenters. The molecule has 1 aromatic carbocycles. The first kappa shape index (κ1) is 13.9. The van der Waals surface area contributed by atoms with Gasteiger partial charge >= 0.3 is 5.97 Å². The smallest absolute Gasteiger partial charge is 0.362 e. The number of aliphatic carboxylic acids is 1. The molecule has 0 aliphatic heterocycles. The molecule has 0 aliphatic rings. The van der Waals surface area contributed by atoms with Crippen LogP contribution in [0, 0.1) is 0 Å². The Kier molecular flexibility index (Phi) is 5.01. The largest absolute Gasteiger partial charge is 0.477 e. The van der Waals surface area contributed by atoms with Gasteiger partial charge in [-0.3, -0.25) is 4.79 Å². The third kappa shape index (κ3) is 4.75. The molecule has 0 bridgehead atoms. The number of carboxylic acids is 1. The van der Waals surface area contributed by atoms with Crippen LogP contribution in [-0.4, -0.2) is 29.2 Å². The second kappa shape index (κ2) is 6.51. The lowest BCUT2D eigenvalue weighted by Gasteiger charge is -2.03. The van der Waals surface area contributed by atoms with E-state index in [1.165, 1.54) is 13.1 Å². The molecule has 96 valence electrons. The van der Waals surface area contributed by atoms with E-state index in [9.17, 15) is 9.59 Å². The molecule has 18 heavy (non-hydrogen) atoms. The summed E-state index contributed by atoms with van der Waals surface area (Å²) >= 11 is 0. The molecule has 5 N–H and O–H groups in total. The molecule has 6 heteroatoms. The van der Waals surface area contributed by atoms with Gasteiger partial charge in [0.05, 0.1) is 6.21 Å². The van der Waals surface area contributed by atoms with E-state index in [1.807, 2.05) is 12.1 Å². The number of nitrogens with zero attached hydrogens (tertiary/aromatic N) is 1. The van der Waals surface area contributed by atoms with Crippen LogP contribution in [0.3, 0.4) is 0 Å². The maximum atomic E-state index is 10.7. The van der Waals surface area contributed by atoms with Crippen LogP contribution in [0.4, 0.5) is 0 Å². The summed E-state index contributed by atoms with van der Waals surface area (Å²) in [5, 5.41) is 12.5. The molecular formula is C12H16N3O3+. The Hall–Kier alpha value is -2.21. The number of carbonyl (C=O) groups is 2. The fourth-order valence-electron chi connectivity index (χ4n) is 1.31. The van der Waals surface area contributed by atoms with E-state index in [4.69, 9.17) is 5.11 Å². The van der Waals surface area contributed by atoms with Crippen molar-refractivity contribution < 1.29 is 20.4 Å². The molecule has 0 aliphatic carbocycles. The molecule has 1 unspecified atom stereocenters. The Morgan fingerprint density at radius 1 is 1.44 bits per heavy atom. The maximum Gasteiger partial charge on any atom is 0.362 e. The van der Waals surface area contributed by atoms with Crippen LogP contribution in [0.2, 0.25) is 0 Å². The van der Waals surface area contributed by atoms with Gasteiger partial charge in [-0.1, -0.05) is 24.3 Å². The monoisotopic (exact) mass is 250 g/mol. The average molecular weight is 250 g/mol. The lowest BCUT2D eigenvalue weighted by molar-refractivity contribution is -0.407. The second-order valence-electron chi connectivity index (χ2n) is 3.91. The Bertz CT molecular complexity index is 454. The Morgan fingerprint density at radius 3 is 2.56 bits per heavy atom. The number of hydrogen-bond donors (Lipinski definition) is 3. The lowest BCUT2D eigenvalue weighted by Crippen LogP contribution is -2.65. The molecule has 0 fully saturated rings. The first-order chi connectivity index (χ1) is 8.49. The predicted molar refractivity (Wildman–Crippen MR) is 65.9 cm³/mol.